The first kappa shape index (κ1) is 16.9. The van der Waals surface area contributed by atoms with Gasteiger partial charge in [-0.2, -0.15) is 0 Å². The highest BCUT2D eigenvalue weighted by molar-refractivity contribution is 5.80. The molecule has 0 heterocycles. The van der Waals surface area contributed by atoms with E-state index < -0.39 is 0 Å². The topological polar surface area (TPSA) is 50.4 Å². The van der Waals surface area contributed by atoms with Crippen molar-refractivity contribution in [1.29, 1.82) is 0 Å². The number of hydrogen-bond donors (Lipinski definition) is 2. The van der Waals surface area contributed by atoms with Gasteiger partial charge in [-0.05, 0) is 23.6 Å². The molecule has 0 fully saturated rings. The van der Waals surface area contributed by atoms with Crippen molar-refractivity contribution in [2.24, 2.45) is 5.92 Å². The summed E-state index contributed by atoms with van der Waals surface area (Å²) < 4.78 is 5.68. The lowest BCUT2D eigenvalue weighted by Crippen LogP contribution is -2.29. The van der Waals surface area contributed by atoms with Gasteiger partial charge in [0.25, 0.3) is 0 Å². The molecule has 0 aromatic heterocycles. The minimum absolute atomic E-state index is 0.0395. The third kappa shape index (κ3) is 6.43. The van der Waals surface area contributed by atoms with Crippen LogP contribution in [0.4, 0.5) is 5.69 Å². The maximum atomic E-state index is 11.9. The van der Waals surface area contributed by atoms with Crippen LogP contribution in [0.1, 0.15) is 19.4 Å². The van der Waals surface area contributed by atoms with E-state index in [4.69, 9.17) is 4.74 Å². The Balaban J connectivity index is 1.76. The molecular formula is C19H24N2O2. The van der Waals surface area contributed by atoms with E-state index in [9.17, 15) is 4.79 Å². The number of rotatable bonds is 8. The number of amides is 1. The molecule has 23 heavy (non-hydrogen) atoms. The summed E-state index contributed by atoms with van der Waals surface area (Å²) in [5.74, 6) is 1.26. The molecule has 0 spiro atoms. The zero-order valence-electron chi connectivity index (χ0n) is 13.7. The third-order valence-corrected chi connectivity index (χ3v) is 3.20. The van der Waals surface area contributed by atoms with Gasteiger partial charge in [0.2, 0.25) is 5.91 Å². The van der Waals surface area contributed by atoms with Crippen molar-refractivity contribution in [2.75, 3.05) is 18.5 Å². The fourth-order valence-corrected chi connectivity index (χ4v) is 2.00. The number of carbonyl (C=O) groups is 1. The average Bonchev–Trinajstić information content (AvgIpc) is 2.57. The fourth-order valence-electron chi connectivity index (χ4n) is 2.00. The lowest BCUT2D eigenvalue weighted by molar-refractivity contribution is -0.119. The van der Waals surface area contributed by atoms with Crippen LogP contribution in [0.3, 0.4) is 0 Å². The Labute approximate surface area is 137 Å². The number of hydrogen-bond acceptors (Lipinski definition) is 3. The predicted molar refractivity (Wildman–Crippen MR) is 93.6 cm³/mol. The standard InChI is InChI=1S/C19H24N2O2/c1-15(2)14-23-18-10-6-9-17(11-18)20-13-19(22)21-12-16-7-4-3-5-8-16/h3-11,15,20H,12-14H2,1-2H3,(H,21,22). The maximum Gasteiger partial charge on any atom is 0.239 e. The quantitative estimate of drug-likeness (QED) is 0.785. The summed E-state index contributed by atoms with van der Waals surface area (Å²) in [4.78, 5) is 11.9. The number of nitrogens with one attached hydrogen (secondary N) is 2. The van der Waals surface area contributed by atoms with E-state index in [1.165, 1.54) is 0 Å². The summed E-state index contributed by atoms with van der Waals surface area (Å²) >= 11 is 0. The van der Waals surface area contributed by atoms with Crippen molar-refractivity contribution in [3.8, 4) is 5.75 Å². The summed E-state index contributed by atoms with van der Waals surface area (Å²) in [5, 5.41) is 6.01. The van der Waals surface area contributed by atoms with Crippen LogP contribution in [0.2, 0.25) is 0 Å². The van der Waals surface area contributed by atoms with Gasteiger partial charge in [0.05, 0.1) is 13.2 Å². The Morgan fingerprint density at radius 2 is 1.87 bits per heavy atom. The molecule has 0 aliphatic carbocycles. The van der Waals surface area contributed by atoms with Crippen LogP contribution >= 0.6 is 0 Å². The van der Waals surface area contributed by atoms with E-state index >= 15 is 0 Å². The molecule has 0 bridgehead atoms. The van der Waals surface area contributed by atoms with E-state index in [0.29, 0.717) is 19.1 Å². The fraction of sp³-hybridized carbons (Fsp3) is 0.316. The Kier molecular flexibility index (Phi) is 6.48. The van der Waals surface area contributed by atoms with Crippen molar-refractivity contribution < 1.29 is 9.53 Å². The highest BCUT2D eigenvalue weighted by Crippen LogP contribution is 2.17. The molecule has 2 aromatic rings. The van der Waals surface area contributed by atoms with Gasteiger partial charge >= 0.3 is 0 Å². The minimum atomic E-state index is -0.0395. The highest BCUT2D eigenvalue weighted by atomic mass is 16.5. The molecule has 0 atom stereocenters. The van der Waals surface area contributed by atoms with E-state index in [2.05, 4.69) is 24.5 Å². The van der Waals surface area contributed by atoms with Crippen LogP contribution in [0, 0.1) is 5.92 Å². The molecule has 4 nitrogen and oxygen atoms in total. The van der Waals surface area contributed by atoms with Gasteiger partial charge < -0.3 is 15.4 Å². The van der Waals surface area contributed by atoms with Crippen LogP contribution in [-0.2, 0) is 11.3 Å². The lowest BCUT2D eigenvalue weighted by atomic mass is 10.2. The van der Waals surface area contributed by atoms with Crippen LogP contribution in [0.15, 0.2) is 54.6 Å². The van der Waals surface area contributed by atoms with Gasteiger partial charge in [-0.3, -0.25) is 4.79 Å². The molecule has 0 aliphatic heterocycles. The SMILES string of the molecule is CC(C)COc1cccc(NCC(=O)NCc2ccccc2)c1. The van der Waals surface area contributed by atoms with Crippen molar-refractivity contribution in [3.05, 3.63) is 60.2 Å². The van der Waals surface area contributed by atoms with E-state index in [-0.39, 0.29) is 12.5 Å². The van der Waals surface area contributed by atoms with Gasteiger partial charge in [0.15, 0.2) is 0 Å². The zero-order chi connectivity index (χ0) is 16.5. The van der Waals surface area contributed by atoms with Crippen molar-refractivity contribution >= 4 is 11.6 Å². The smallest absolute Gasteiger partial charge is 0.239 e. The third-order valence-electron chi connectivity index (χ3n) is 3.20. The van der Waals surface area contributed by atoms with Crippen LogP contribution < -0.4 is 15.4 Å². The average molecular weight is 312 g/mol. The Morgan fingerprint density at radius 3 is 2.61 bits per heavy atom. The number of anilines is 1. The summed E-state index contributed by atoms with van der Waals surface area (Å²) in [6.07, 6.45) is 0. The summed E-state index contributed by atoms with van der Waals surface area (Å²) in [5.41, 5.74) is 1.96. The second kappa shape index (κ2) is 8.83. The van der Waals surface area contributed by atoms with Crippen molar-refractivity contribution in [2.45, 2.75) is 20.4 Å². The molecule has 2 N–H and O–H groups in total. The largest absolute Gasteiger partial charge is 0.493 e. The first-order valence-electron chi connectivity index (χ1n) is 7.91. The maximum absolute atomic E-state index is 11.9. The summed E-state index contributed by atoms with van der Waals surface area (Å²) in [7, 11) is 0. The molecule has 0 saturated carbocycles. The number of benzene rings is 2. The first-order valence-corrected chi connectivity index (χ1v) is 7.91. The van der Waals surface area contributed by atoms with E-state index in [1.54, 1.807) is 0 Å². The first-order chi connectivity index (χ1) is 11.1. The van der Waals surface area contributed by atoms with Gasteiger partial charge in [0, 0.05) is 18.3 Å². The molecular weight excluding hydrogens is 288 g/mol. The molecule has 1 amide bonds. The minimum Gasteiger partial charge on any atom is -0.493 e. The number of ether oxygens (including phenoxy) is 1. The Bertz CT molecular complexity index is 612. The van der Waals surface area contributed by atoms with Gasteiger partial charge in [0.1, 0.15) is 5.75 Å². The Morgan fingerprint density at radius 1 is 1.09 bits per heavy atom. The second-order valence-electron chi connectivity index (χ2n) is 5.85. The highest BCUT2D eigenvalue weighted by Gasteiger charge is 2.03. The number of carbonyl (C=O) groups excluding carboxylic acids is 1. The van der Waals surface area contributed by atoms with Crippen molar-refractivity contribution in [1.82, 2.24) is 5.32 Å². The summed E-state index contributed by atoms with van der Waals surface area (Å²) in [6.45, 7) is 5.68. The van der Waals surface area contributed by atoms with Crippen LogP contribution in [0.25, 0.3) is 0 Å². The van der Waals surface area contributed by atoms with Crippen LogP contribution in [-0.4, -0.2) is 19.1 Å². The van der Waals surface area contributed by atoms with Gasteiger partial charge in [-0.25, -0.2) is 0 Å². The predicted octanol–water partition coefficient (Wildman–Crippen LogP) is 3.45. The zero-order valence-corrected chi connectivity index (χ0v) is 13.7. The molecule has 0 saturated heterocycles. The van der Waals surface area contributed by atoms with E-state index in [0.717, 1.165) is 17.0 Å². The van der Waals surface area contributed by atoms with Gasteiger partial charge in [-0.1, -0.05) is 50.2 Å². The summed E-state index contributed by atoms with van der Waals surface area (Å²) in [6, 6.07) is 17.5. The normalized spacial score (nSPS) is 10.4. The molecule has 4 heteroatoms. The second-order valence-corrected chi connectivity index (χ2v) is 5.85. The van der Waals surface area contributed by atoms with Gasteiger partial charge in [-0.15, -0.1) is 0 Å². The van der Waals surface area contributed by atoms with Crippen LogP contribution in [0.5, 0.6) is 5.75 Å². The molecule has 122 valence electrons. The molecule has 2 aromatic carbocycles. The molecule has 0 radical (unpaired) electrons. The lowest BCUT2D eigenvalue weighted by Gasteiger charge is -2.11. The Hall–Kier alpha value is -2.49. The molecule has 2 rings (SSSR count). The van der Waals surface area contributed by atoms with E-state index in [1.807, 2.05) is 54.6 Å². The molecule has 0 aliphatic rings. The molecule has 0 unspecified atom stereocenters. The monoisotopic (exact) mass is 312 g/mol. The van der Waals surface area contributed by atoms with Crippen molar-refractivity contribution in [3.63, 3.8) is 0 Å².